The molecule has 1 heterocycles. The molecule has 0 radical (unpaired) electrons. The van der Waals surface area contributed by atoms with E-state index in [0.29, 0.717) is 23.6 Å². The Morgan fingerprint density at radius 3 is 2.59 bits per heavy atom. The van der Waals surface area contributed by atoms with Crippen LogP contribution < -0.4 is 10.1 Å². The van der Waals surface area contributed by atoms with E-state index in [1.165, 1.54) is 12.1 Å². The Labute approximate surface area is 191 Å². The number of fused-ring (bicyclic) bond motifs is 1. The van der Waals surface area contributed by atoms with Gasteiger partial charge in [-0.05, 0) is 66.8 Å². The molecule has 1 amide bonds. The molecule has 168 valence electrons. The number of ether oxygens (including phenoxy) is 1. The zero-order valence-electron chi connectivity index (χ0n) is 17.3. The van der Waals surface area contributed by atoms with Crippen LogP contribution in [-0.4, -0.2) is 38.7 Å². The van der Waals surface area contributed by atoms with E-state index < -0.39 is 27.8 Å². The maximum absolute atomic E-state index is 12.7. The highest BCUT2D eigenvalue weighted by molar-refractivity contribution is 7.89. The van der Waals surface area contributed by atoms with Gasteiger partial charge >= 0.3 is 5.97 Å². The number of amides is 1. The molecule has 1 aliphatic heterocycles. The standard InChI is InChI=1S/C22H22ClN3O5S/c1-2-31-22(28)19-12-20(24-25-21(19)27)14-4-3-13-10-17(11-15(13)9-14)26-32(29,30)18-7-5-16(23)6-8-18/h3-9,17,19,26H,2,10-12H2,1H3,(H,25,27). The summed E-state index contributed by atoms with van der Waals surface area (Å²) in [6.07, 6.45) is 1.24. The Kier molecular flexibility index (Phi) is 6.32. The molecule has 8 nitrogen and oxygen atoms in total. The first-order valence-corrected chi connectivity index (χ1v) is 12.1. The summed E-state index contributed by atoms with van der Waals surface area (Å²) in [6.45, 7) is 1.88. The van der Waals surface area contributed by atoms with Crippen molar-refractivity contribution >= 4 is 39.2 Å². The summed E-state index contributed by atoms with van der Waals surface area (Å²) >= 11 is 5.85. The molecule has 0 bridgehead atoms. The van der Waals surface area contributed by atoms with Crippen LogP contribution in [0, 0.1) is 5.92 Å². The lowest BCUT2D eigenvalue weighted by atomic mass is 9.94. The van der Waals surface area contributed by atoms with Crippen LogP contribution in [0.15, 0.2) is 52.5 Å². The topological polar surface area (TPSA) is 114 Å². The Balaban J connectivity index is 1.48. The quantitative estimate of drug-likeness (QED) is 0.491. The second-order valence-corrected chi connectivity index (χ2v) is 9.86. The number of nitrogens with one attached hydrogen (secondary N) is 2. The first-order valence-electron chi connectivity index (χ1n) is 10.2. The first kappa shape index (κ1) is 22.4. The summed E-state index contributed by atoms with van der Waals surface area (Å²) in [5.41, 5.74) is 5.79. The number of esters is 1. The fourth-order valence-electron chi connectivity index (χ4n) is 3.93. The number of hydrogen-bond acceptors (Lipinski definition) is 6. The van der Waals surface area contributed by atoms with Crippen molar-refractivity contribution in [1.29, 1.82) is 0 Å². The minimum absolute atomic E-state index is 0.149. The van der Waals surface area contributed by atoms with Gasteiger partial charge in [-0.25, -0.2) is 18.6 Å². The molecule has 2 unspecified atom stereocenters. The van der Waals surface area contributed by atoms with Crippen molar-refractivity contribution in [1.82, 2.24) is 10.1 Å². The van der Waals surface area contributed by atoms with E-state index >= 15 is 0 Å². The Hall–Kier alpha value is -2.75. The number of carbonyl (C=O) groups excluding carboxylic acids is 2. The van der Waals surface area contributed by atoms with E-state index in [-0.39, 0.29) is 24.0 Å². The van der Waals surface area contributed by atoms with E-state index in [4.69, 9.17) is 16.3 Å². The van der Waals surface area contributed by atoms with E-state index in [0.717, 1.165) is 16.7 Å². The number of benzene rings is 2. The third kappa shape index (κ3) is 4.69. The van der Waals surface area contributed by atoms with Gasteiger partial charge in [0, 0.05) is 17.5 Å². The molecule has 4 rings (SSSR count). The van der Waals surface area contributed by atoms with Crippen LogP contribution in [-0.2, 0) is 37.2 Å². The van der Waals surface area contributed by atoms with Gasteiger partial charge in [0.25, 0.3) is 5.91 Å². The van der Waals surface area contributed by atoms with Crippen LogP contribution in [0.3, 0.4) is 0 Å². The lowest BCUT2D eigenvalue weighted by Crippen LogP contribution is -2.40. The van der Waals surface area contributed by atoms with Gasteiger partial charge in [0.05, 0.1) is 17.2 Å². The second-order valence-electron chi connectivity index (χ2n) is 7.71. The zero-order chi connectivity index (χ0) is 22.9. The number of hydrogen-bond donors (Lipinski definition) is 2. The Morgan fingerprint density at radius 2 is 1.88 bits per heavy atom. The molecular weight excluding hydrogens is 454 g/mol. The van der Waals surface area contributed by atoms with Crippen LogP contribution in [0.25, 0.3) is 0 Å². The zero-order valence-corrected chi connectivity index (χ0v) is 18.9. The molecule has 0 fully saturated rings. The number of rotatable bonds is 6. The van der Waals surface area contributed by atoms with Gasteiger partial charge in [0.2, 0.25) is 10.0 Å². The summed E-state index contributed by atoms with van der Waals surface area (Å²) in [4.78, 5) is 24.2. The minimum atomic E-state index is -3.67. The lowest BCUT2D eigenvalue weighted by molar-refractivity contribution is -0.152. The minimum Gasteiger partial charge on any atom is -0.465 e. The van der Waals surface area contributed by atoms with Crippen molar-refractivity contribution in [3.05, 3.63) is 64.2 Å². The highest BCUT2D eigenvalue weighted by Gasteiger charge is 2.34. The fraction of sp³-hybridized carbons (Fsp3) is 0.318. The Morgan fingerprint density at radius 1 is 1.16 bits per heavy atom. The van der Waals surface area contributed by atoms with Crippen LogP contribution in [0.5, 0.6) is 0 Å². The van der Waals surface area contributed by atoms with E-state index in [1.54, 1.807) is 19.1 Å². The number of carbonyl (C=O) groups is 2. The Bertz CT molecular complexity index is 1190. The summed E-state index contributed by atoms with van der Waals surface area (Å²) in [5.74, 6) is -1.99. The highest BCUT2D eigenvalue weighted by atomic mass is 35.5. The predicted molar refractivity (Wildman–Crippen MR) is 119 cm³/mol. The monoisotopic (exact) mass is 475 g/mol. The van der Waals surface area contributed by atoms with E-state index in [1.807, 2.05) is 18.2 Å². The van der Waals surface area contributed by atoms with Crippen molar-refractivity contribution in [3.8, 4) is 0 Å². The number of hydrazone groups is 1. The largest absolute Gasteiger partial charge is 0.465 e. The number of sulfonamides is 1. The lowest BCUT2D eigenvalue weighted by Gasteiger charge is -2.20. The van der Waals surface area contributed by atoms with Crippen molar-refractivity contribution in [2.24, 2.45) is 11.0 Å². The van der Waals surface area contributed by atoms with Crippen LogP contribution in [0.4, 0.5) is 0 Å². The maximum Gasteiger partial charge on any atom is 0.318 e. The molecule has 2 aromatic rings. The average Bonchev–Trinajstić information content (AvgIpc) is 3.15. The smallest absolute Gasteiger partial charge is 0.318 e. The van der Waals surface area contributed by atoms with Gasteiger partial charge in [-0.15, -0.1) is 0 Å². The molecule has 10 heteroatoms. The van der Waals surface area contributed by atoms with Crippen molar-refractivity contribution < 1.29 is 22.7 Å². The molecule has 0 saturated heterocycles. The van der Waals surface area contributed by atoms with E-state index in [2.05, 4.69) is 15.2 Å². The molecule has 0 spiro atoms. The van der Waals surface area contributed by atoms with Crippen molar-refractivity contribution in [3.63, 3.8) is 0 Å². The third-order valence-electron chi connectivity index (χ3n) is 5.50. The summed E-state index contributed by atoms with van der Waals surface area (Å²) in [5, 5.41) is 4.58. The van der Waals surface area contributed by atoms with Gasteiger partial charge in [0.15, 0.2) is 0 Å². The van der Waals surface area contributed by atoms with E-state index in [9.17, 15) is 18.0 Å². The fourth-order valence-corrected chi connectivity index (χ4v) is 5.29. The SMILES string of the molecule is CCOC(=O)C1CC(c2ccc3c(c2)CC(NS(=O)(=O)c2ccc(Cl)cc2)C3)=NNC1=O. The summed E-state index contributed by atoms with van der Waals surface area (Å²) in [7, 11) is -3.67. The average molecular weight is 476 g/mol. The van der Waals surface area contributed by atoms with Gasteiger partial charge < -0.3 is 4.74 Å². The van der Waals surface area contributed by atoms with Gasteiger partial charge in [-0.3, -0.25) is 9.59 Å². The normalized spacial score (nSPS) is 20.3. The van der Waals surface area contributed by atoms with Crippen LogP contribution in [0.2, 0.25) is 5.02 Å². The maximum atomic E-state index is 12.7. The molecule has 2 atom stereocenters. The number of halogens is 1. The molecular formula is C22H22ClN3O5S. The molecule has 0 saturated carbocycles. The van der Waals surface area contributed by atoms with Crippen LogP contribution >= 0.6 is 11.6 Å². The van der Waals surface area contributed by atoms with Gasteiger partial charge in [0.1, 0.15) is 5.92 Å². The van der Waals surface area contributed by atoms with Crippen molar-refractivity contribution in [2.75, 3.05) is 6.61 Å². The number of nitrogens with zero attached hydrogens (tertiary/aromatic N) is 1. The third-order valence-corrected chi connectivity index (χ3v) is 7.29. The van der Waals surface area contributed by atoms with Crippen molar-refractivity contribution in [2.45, 2.75) is 37.1 Å². The first-order chi connectivity index (χ1) is 15.3. The summed E-state index contributed by atoms with van der Waals surface area (Å²) in [6, 6.07) is 11.5. The molecule has 32 heavy (non-hydrogen) atoms. The molecule has 1 aliphatic carbocycles. The molecule has 2 aromatic carbocycles. The molecule has 0 aromatic heterocycles. The molecule has 2 aliphatic rings. The molecule has 2 N–H and O–H groups in total. The highest BCUT2D eigenvalue weighted by Crippen LogP contribution is 2.27. The van der Waals surface area contributed by atoms with Gasteiger partial charge in [-0.1, -0.05) is 23.7 Å². The second kappa shape index (κ2) is 9.01. The van der Waals surface area contributed by atoms with Gasteiger partial charge in [-0.2, -0.15) is 5.10 Å². The predicted octanol–water partition coefficient (Wildman–Crippen LogP) is 2.19. The summed E-state index contributed by atoms with van der Waals surface area (Å²) < 4.78 is 33.1. The van der Waals surface area contributed by atoms with Crippen LogP contribution in [0.1, 0.15) is 30.0 Å².